The molecule has 0 bridgehead atoms. The largest absolute Gasteiger partial charge is 0.480 e. The summed E-state index contributed by atoms with van der Waals surface area (Å²) in [5, 5.41) is 11.6. The highest BCUT2D eigenvalue weighted by molar-refractivity contribution is 9.10. The summed E-state index contributed by atoms with van der Waals surface area (Å²) in [4.78, 5) is 33.7. The van der Waals surface area contributed by atoms with Gasteiger partial charge in [-0.15, -0.1) is 0 Å². The number of pyridine rings is 1. The van der Waals surface area contributed by atoms with Crippen molar-refractivity contribution in [2.75, 3.05) is 0 Å². The third kappa shape index (κ3) is 3.64. The Labute approximate surface area is 122 Å². The zero-order valence-corrected chi connectivity index (χ0v) is 11.8. The highest BCUT2D eigenvalue weighted by Gasteiger charge is 2.22. The first kappa shape index (κ1) is 14.2. The van der Waals surface area contributed by atoms with Crippen LogP contribution < -0.4 is 5.32 Å². The van der Waals surface area contributed by atoms with E-state index >= 15 is 0 Å². The fraction of sp³-hybridized carbons (Fsp3) is 0.167. The van der Waals surface area contributed by atoms with Crippen LogP contribution in [0.4, 0.5) is 0 Å². The standard InChI is InChI=1S/C12H11BrN4O3/c13-10-3-1-2-8(16-10)11(18)17-9(12(19)20)4-7-5-14-6-15-7/h1-3,5-6,9H,4H2,(H,14,15)(H,17,18)(H,19,20). The van der Waals surface area contributed by atoms with Crippen molar-refractivity contribution < 1.29 is 14.7 Å². The summed E-state index contributed by atoms with van der Waals surface area (Å²) in [6.07, 6.45) is 3.08. The van der Waals surface area contributed by atoms with Crippen LogP contribution in [-0.4, -0.2) is 38.0 Å². The van der Waals surface area contributed by atoms with Crippen molar-refractivity contribution in [1.29, 1.82) is 0 Å². The van der Waals surface area contributed by atoms with Gasteiger partial charge in [0.25, 0.3) is 5.91 Å². The second-order valence-corrected chi connectivity index (χ2v) is 4.80. The lowest BCUT2D eigenvalue weighted by Gasteiger charge is -2.13. The molecule has 1 atom stereocenters. The van der Waals surface area contributed by atoms with E-state index in [0.717, 1.165) is 0 Å². The number of carbonyl (C=O) groups is 2. The number of halogens is 1. The van der Waals surface area contributed by atoms with Gasteiger partial charge < -0.3 is 15.4 Å². The maximum absolute atomic E-state index is 12.0. The minimum absolute atomic E-state index is 0.120. The van der Waals surface area contributed by atoms with Crippen LogP contribution in [0.2, 0.25) is 0 Å². The molecule has 0 aliphatic carbocycles. The molecule has 2 aromatic rings. The fourth-order valence-corrected chi connectivity index (χ4v) is 1.93. The molecule has 0 saturated heterocycles. The number of carboxylic acid groups (broad SMARTS) is 1. The van der Waals surface area contributed by atoms with Gasteiger partial charge in [-0.3, -0.25) is 4.79 Å². The summed E-state index contributed by atoms with van der Waals surface area (Å²) in [6.45, 7) is 0. The molecule has 0 aliphatic heterocycles. The van der Waals surface area contributed by atoms with Crippen LogP contribution >= 0.6 is 15.9 Å². The van der Waals surface area contributed by atoms with Gasteiger partial charge in [-0.05, 0) is 28.1 Å². The molecule has 0 spiro atoms. The molecule has 2 heterocycles. The van der Waals surface area contributed by atoms with Gasteiger partial charge in [0.05, 0.1) is 6.33 Å². The number of carboxylic acids is 1. The summed E-state index contributed by atoms with van der Waals surface area (Å²) in [6, 6.07) is 3.78. The van der Waals surface area contributed by atoms with Gasteiger partial charge in [-0.1, -0.05) is 6.07 Å². The fourth-order valence-electron chi connectivity index (χ4n) is 1.58. The number of aromatic nitrogens is 3. The normalized spacial score (nSPS) is 11.8. The number of aromatic amines is 1. The molecule has 8 heteroatoms. The number of rotatable bonds is 5. The van der Waals surface area contributed by atoms with Gasteiger partial charge in [0, 0.05) is 18.3 Å². The lowest BCUT2D eigenvalue weighted by atomic mass is 10.1. The predicted molar refractivity (Wildman–Crippen MR) is 73.1 cm³/mol. The minimum atomic E-state index is -1.12. The molecule has 1 unspecified atom stereocenters. The van der Waals surface area contributed by atoms with Crippen molar-refractivity contribution in [3.63, 3.8) is 0 Å². The number of hydrogen-bond acceptors (Lipinski definition) is 4. The molecule has 2 rings (SSSR count). The number of imidazole rings is 1. The maximum atomic E-state index is 12.0. The predicted octanol–water partition coefficient (Wildman–Crippen LogP) is 0.993. The topological polar surface area (TPSA) is 108 Å². The number of H-pyrrole nitrogens is 1. The summed E-state index contributed by atoms with van der Waals surface area (Å²) >= 11 is 3.15. The van der Waals surface area contributed by atoms with Crippen LogP contribution in [0.1, 0.15) is 16.2 Å². The Hall–Kier alpha value is -2.22. The third-order valence-electron chi connectivity index (χ3n) is 2.53. The quantitative estimate of drug-likeness (QED) is 0.704. The third-order valence-corrected chi connectivity index (χ3v) is 2.97. The Bertz CT molecular complexity index is 615. The van der Waals surface area contributed by atoms with Crippen LogP contribution in [-0.2, 0) is 11.2 Å². The molecular formula is C12H11BrN4O3. The molecule has 2 aromatic heterocycles. The molecular weight excluding hydrogens is 328 g/mol. The Morgan fingerprint density at radius 3 is 2.85 bits per heavy atom. The minimum Gasteiger partial charge on any atom is -0.480 e. The van der Waals surface area contributed by atoms with E-state index in [2.05, 4.69) is 36.2 Å². The van der Waals surface area contributed by atoms with E-state index in [9.17, 15) is 9.59 Å². The Balaban J connectivity index is 2.08. The molecule has 0 aromatic carbocycles. The van der Waals surface area contributed by atoms with Crippen molar-refractivity contribution >= 4 is 27.8 Å². The van der Waals surface area contributed by atoms with E-state index in [1.165, 1.54) is 18.6 Å². The van der Waals surface area contributed by atoms with E-state index in [-0.39, 0.29) is 12.1 Å². The smallest absolute Gasteiger partial charge is 0.326 e. The van der Waals surface area contributed by atoms with Crippen LogP contribution in [0, 0.1) is 0 Å². The van der Waals surface area contributed by atoms with Crippen molar-refractivity contribution in [2.45, 2.75) is 12.5 Å². The number of carbonyl (C=O) groups excluding carboxylic acids is 1. The zero-order chi connectivity index (χ0) is 14.5. The number of amides is 1. The number of aliphatic carboxylic acids is 1. The Morgan fingerprint density at radius 2 is 2.25 bits per heavy atom. The van der Waals surface area contributed by atoms with Gasteiger partial charge in [-0.25, -0.2) is 14.8 Å². The number of nitrogens with zero attached hydrogens (tertiary/aromatic N) is 2. The average molecular weight is 339 g/mol. The molecule has 104 valence electrons. The first-order chi connectivity index (χ1) is 9.56. The molecule has 7 nitrogen and oxygen atoms in total. The van der Waals surface area contributed by atoms with Crippen LogP contribution in [0.5, 0.6) is 0 Å². The molecule has 0 saturated carbocycles. The summed E-state index contributed by atoms with van der Waals surface area (Å²) < 4.78 is 0.505. The van der Waals surface area contributed by atoms with Crippen molar-refractivity contribution in [2.24, 2.45) is 0 Å². The van der Waals surface area contributed by atoms with Gasteiger partial charge in [0.1, 0.15) is 16.3 Å². The van der Waals surface area contributed by atoms with Gasteiger partial charge in [0.2, 0.25) is 0 Å². The highest BCUT2D eigenvalue weighted by atomic mass is 79.9. The van der Waals surface area contributed by atoms with Gasteiger partial charge in [-0.2, -0.15) is 0 Å². The van der Waals surface area contributed by atoms with Crippen LogP contribution in [0.15, 0.2) is 35.3 Å². The van der Waals surface area contributed by atoms with Crippen LogP contribution in [0.25, 0.3) is 0 Å². The van der Waals surface area contributed by atoms with Gasteiger partial charge in [0.15, 0.2) is 0 Å². The first-order valence-electron chi connectivity index (χ1n) is 5.69. The summed E-state index contributed by atoms with van der Waals surface area (Å²) in [5.41, 5.74) is 0.773. The first-order valence-corrected chi connectivity index (χ1v) is 6.49. The second-order valence-electron chi connectivity index (χ2n) is 3.99. The van der Waals surface area contributed by atoms with E-state index < -0.39 is 17.9 Å². The molecule has 0 radical (unpaired) electrons. The maximum Gasteiger partial charge on any atom is 0.326 e. The van der Waals surface area contributed by atoms with E-state index in [0.29, 0.717) is 10.3 Å². The van der Waals surface area contributed by atoms with Crippen molar-refractivity contribution in [3.05, 3.63) is 46.7 Å². The van der Waals surface area contributed by atoms with Crippen LogP contribution in [0.3, 0.4) is 0 Å². The average Bonchev–Trinajstić information content (AvgIpc) is 2.90. The van der Waals surface area contributed by atoms with Gasteiger partial charge >= 0.3 is 5.97 Å². The van der Waals surface area contributed by atoms with E-state index in [1.54, 1.807) is 12.1 Å². The lowest BCUT2D eigenvalue weighted by molar-refractivity contribution is -0.139. The Morgan fingerprint density at radius 1 is 1.45 bits per heavy atom. The number of hydrogen-bond donors (Lipinski definition) is 3. The van der Waals surface area contributed by atoms with E-state index in [1.807, 2.05) is 0 Å². The Kier molecular flexibility index (Phi) is 4.46. The van der Waals surface area contributed by atoms with Crippen molar-refractivity contribution in [3.8, 4) is 0 Å². The molecule has 3 N–H and O–H groups in total. The van der Waals surface area contributed by atoms with Crippen molar-refractivity contribution in [1.82, 2.24) is 20.3 Å². The summed E-state index contributed by atoms with van der Waals surface area (Å²) in [7, 11) is 0. The highest BCUT2D eigenvalue weighted by Crippen LogP contribution is 2.07. The second kappa shape index (κ2) is 6.29. The zero-order valence-electron chi connectivity index (χ0n) is 10.2. The molecule has 0 aliphatic rings. The van der Waals surface area contributed by atoms with E-state index in [4.69, 9.17) is 5.11 Å². The molecule has 1 amide bonds. The number of nitrogens with one attached hydrogen (secondary N) is 2. The lowest BCUT2D eigenvalue weighted by Crippen LogP contribution is -2.42. The molecule has 20 heavy (non-hydrogen) atoms. The SMILES string of the molecule is O=C(NC(Cc1cnc[nH]1)C(=O)O)c1cccc(Br)n1. The molecule has 0 fully saturated rings. The monoisotopic (exact) mass is 338 g/mol. The summed E-state index contributed by atoms with van der Waals surface area (Å²) in [5.74, 6) is -1.67.